The molecule has 6 atom stereocenters. The van der Waals surface area contributed by atoms with Crippen LogP contribution >= 0.6 is 0 Å². The molecule has 3 rings (SSSR count). The fourth-order valence-electron chi connectivity index (χ4n) is 5.67. The van der Waals surface area contributed by atoms with Crippen molar-refractivity contribution in [3.05, 3.63) is 84.4 Å². The van der Waals surface area contributed by atoms with Crippen molar-refractivity contribution in [2.75, 3.05) is 13.2 Å². The second kappa shape index (κ2) is 22.0. The van der Waals surface area contributed by atoms with Crippen molar-refractivity contribution in [3.8, 4) is 0 Å². The monoisotopic (exact) mass is 625 g/mol. The Bertz CT molecular complexity index is 1050. The quantitative estimate of drug-likeness (QED) is 0.0993. The molecule has 0 aromatic heterocycles. The highest BCUT2D eigenvalue weighted by molar-refractivity contribution is 5.77. The molecule has 2 aromatic carbocycles. The van der Waals surface area contributed by atoms with E-state index in [0.717, 1.165) is 30.4 Å². The first kappa shape index (κ1) is 36.9. The van der Waals surface area contributed by atoms with E-state index < -0.39 is 30.6 Å². The van der Waals surface area contributed by atoms with Gasteiger partial charge in [-0.3, -0.25) is 4.79 Å². The van der Waals surface area contributed by atoms with E-state index in [-0.39, 0.29) is 38.3 Å². The number of rotatable bonds is 23. The second-order valence-electron chi connectivity index (χ2n) is 11.9. The lowest BCUT2D eigenvalue weighted by molar-refractivity contribution is -0.277. The van der Waals surface area contributed by atoms with Crippen molar-refractivity contribution in [2.45, 2.75) is 128 Å². The molecular formula is C37H55NO7. The van der Waals surface area contributed by atoms with E-state index in [4.69, 9.17) is 18.9 Å². The summed E-state index contributed by atoms with van der Waals surface area (Å²) in [5.41, 5.74) is 1.97. The maximum atomic E-state index is 13.5. The van der Waals surface area contributed by atoms with E-state index in [0.29, 0.717) is 6.61 Å². The molecule has 3 N–H and O–H groups in total. The van der Waals surface area contributed by atoms with Crippen molar-refractivity contribution in [1.82, 2.24) is 5.32 Å². The zero-order valence-electron chi connectivity index (χ0n) is 27.1. The van der Waals surface area contributed by atoms with E-state index in [9.17, 15) is 15.0 Å². The number of aliphatic hydroxyl groups is 2. The maximum absolute atomic E-state index is 13.5. The predicted octanol–water partition coefficient (Wildman–Crippen LogP) is 6.23. The Morgan fingerprint density at radius 1 is 0.911 bits per heavy atom. The van der Waals surface area contributed by atoms with Gasteiger partial charge >= 0.3 is 0 Å². The molecule has 0 spiro atoms. The number of aliphatic hydroxyl groups excluding tert-OH is 2. The third-order valence-electron chi connectivity index (χ3n) is 8.22. The number of nitrogens with one attached hydrogen (secondary N) is 1. The lowest BCUT2D eigenvalue weighted by Crippen LogP contribution is -2.65. The molecule has 45 heavy (non-hydrogen) atoms. The van der Waals surface area contributed by atoms with Crippen LogP contribution in [0.15, 0.2) is 73.3 Å². The van der Waals surface area contributed by atoms with E-state index in [1.54, 1.807) is 6.08 Å². The summed E-state index contributed by atoms with van der Waals surface area (Å²) in [6.45, 7) is 6.35. The SMILES string of the molecule is C=CCO[C@H]1O[C@H](CO)[C@@H](OCc2ccccc2)[C@H](O)[C@H]1NC(=O)C[C@@H](CCCCCCCCCCC)OCc1ccccc1. The van der Waals surface area contributed by atoms with Gasteiger partial charge in [0.1, 0.15) is 24.4 Å². The topological polar surface area (TPSA) is 106 Å². The molecule has 0 bridgehead atoms. The highest BCUT2D eigenvalue weighted by Gasteiger charge is 2.47. The molecule has 1 amide bonds. The lowest BCUT2D eigenvalue weighted by atomic mass is 9.96. The third-order valence-corrected chi connectivity index (χ3v) is 8.22. The van der Waals surface area contributed by atoms with Crippen LogP contribution in [-0.4, -0.2) is 66.1 Å². The van der Waals surface area contributed by atoms with Gasteiger partial charge < -0.3 is 34.5 Å². The number of amides is 1. The summed E-state index contributed by atoms with van der Waals surface area (Å²) in [5, 5.41) is 24.4. The molecule has 0 aliphatic carbocycles. The highest BCUT2D eigenvalue weighted by atomic mass is 16.7. The van der Waals surface area contributed by atoms with E-state index in [2.05, 4.69) is 18.8 Å². The van der Waals surface area contributed by atoms with Crippen LogP contribution in [0.2, 0.25) is 0 Å². The van der Waals surface area contributed by atoms with Crippen LogP contribution in [0.4, 0.5) is 0 Å². The number of benzene rings is 2. The molecular weight excluding hydrogens is 570 g/mol. The van der Waals surface area contributed by atoms with Gasteiger partial charge in [-0.25, -0.2) is 0 Å². The smallest absolute Gasteiger partial charge is 0.223 e. The largest absolute Gasteiger partial charge is 0.394 e. The van der Waals surface area contributed by atoms with Crippen LogP contribution < -0.4 is 5.32 Å². The minimum atomic E-state index is -1.18. The molecule has 0 saturated carbocycles. The predicted molar refractivity (Wildman–Crippen MR) is 176 cm³/mol. The number of unbranched alkanes of at least 4 members (excludes halogenated alkanes) is 8. The fourth-order valence-corrected chi connectivity index (χ4v) is 5.67. The molecule has 1 aliphatic heterocycles. The summed E-state index contributed by atoms with van der Waals surface area (Å²) in [7, 11) is 0. The lowest BCUT2D eigenvalue weighted by Gasteiger charge is -2.44. The zero-order chi connectivity index (χ0) is 32.1. The molecule has 1 aliphatic rings. The molecule has 1 heterocycles. The average molecular weight is 626 g/mol. The summed E-state index contributed by atoms with van der Waals surface area (Å²) in [6.07, 6.45) is 9.33. The van der Waals surface area contributed by atoms with Gasteiger partial charge in [0.15, 0.2) is 6.29 Å². The van der Waals surface area contributed by atoms with Crippen LogP contribution in [0.1, 0.15) is 88.7 Å². The zero-order valence-corrected chi connectivity index (χ0v) is 27.1. The van der Waals surface area contributed by atoms with Gasteiger partial charge in [-0.05, 0) is 17.5 Å². The van der Waals surface area contributed by atoms with Gasteiger partial charge in [0.25, 0.3) is 0 Å². The van der Waals surface area contributed by atoms with Crippen LogP contribution in [0.25, 0.3) is 0 Å². The molecule has 1 fully saturated rings. The number of ether oxygens (including phenoxy) is 4. The fraction of sp³-hybridized carbons (Fsp3) is 0.595. The van der Waals surface area contributed by atoms with Gasteiger partial charge in [0.05, 0.1) is 39.0 Å². The number of hydrogen-bond donors (Lipinski definition) is 3. The molecule has 8 heteroatoms. The van der Waals surface area contributed by atoms with Crippen LogP contribution in [-0.2, 0) is 37.0 Å². The third kappa shape index (κ3) is 13.7. The number of hydrogen-bond acceptors (Lipinski definition) is 7. The van der Waals surface area contributed by atoms with Crippen LogP contribution in [0, 0.1) is 0 Å². The molecule has 0 unspecified atom stereocenters. The standard InChI is InChI=1S/C37H55NO7/c1-3-5-6-7-8-9-10-11-18-23-31(43-27-29-19-14-12-15-20-29)25-33(40)38-34-35(41)36(44-28-30-21-16-13-17-22-30)32(26-39)45-37(34)42-24-4-2/h4,12-17,19-22,31-32,34-37,39,41H,2-3,5-11,18,23-28H2,1H3,(H,38,40)/t31-,32-,34-,35-,36-,37+/m1/s1. The first-order valence-corrected chi connectivity index (χ1v) is 16.8. The van der Waals surface area contributed by atoms with Crippen molar-refractivity contribution >= 4 is 5.91 Å². The Morgan fingerprint density at radius 2 is 1.51 bits per heavy atom. The maximum Gasteiger partial charge on any atom is 0.223 e. The molecule has 8 nitrogen and oxygen atoms in total. The Kier molecular flexibility index (Phi) is 18.0. The van der Waals surface area contributed by atoms with Gasteiger partial charge in [0, 0.05) is 0 Å². The Hall–Kier alpha value is -2.59. The van der Waals surface area contributed by atoms with E-state index in [1.165, 1.54) is 44.9 Å². The minimum absolute atomic E-state index is 0.139. The van der Waals surface area contributed by atoms with E-state index in [1.807, 2.05) is 60.7 Å². The second-order valence-corrected chi connectivity index (χ2v) is 11.9. The van der Waals surface area contributed by atoms with Crippen molar-refractivity contribution in [3.63, 3.8) is 0 Å². The van der Waals surface area contributed by atoms with Crippen LogP contribution in [0.5, 0.6) is 0 Å². The first-order valence-electron chi connectivity index (χ1n) is 16.8. The molecule has 250 valence electrons. The average Bonchev–Trinajstić information content (AvgIpc) is 3.06. The van der Waals surface area contributed by atoms with E-state index >= 15 is 0 Å². The molecule has 1 saturated heterocycles. The van der Waals surface area contributed by atoms with Gasteiger partial charge in [-0.1, -0.05) is 131 Å². The van der Waals surface area contributed by atoms with Crippen molar-refractivity contribution in [1.29, 1.82) is 0 Å². The van der Waals surface area contributed by atoms with Crippen LogP contribution in [0.3, 0.4) is 0 Å². The Labute approximate surface area is 270 Å². The summed E-state index contributed by atoms with van der Waals surface area (Å²) in [4.78, 5) is 13.5. The Balaban J connectivity index is 1.60. The minimum Gasteiger partial charge on any atom is -0.394 e. The highest BCUT2D eigenvalue weighted by Crippen LogP contribution is 2.26. The van der Waals surface area contributed by atoms with Gasteiger partial charge in [-0.15, -0.1) is 6.58 Å². The number of carbonyl (C=O) groups is 1. The van der Waals surface area contributed by atoms with Crippen molar-refractivity contribution < 1.29 is 34.0 Å². The first-order chi connectivity index (χ1) is 22.0. The molecule has 0 radical (unpaired) electrons. The van der Waals surface area contributed by atoms with Gasteiger partial charge in [-0.2, -0.15) is 0 Å². The Morgan fingerprint density at radius 3 is 2.11 bits per heavy atom. The summed E-state index contributed by atoms with van der Waals surface area (Å²) in [6, 6.07) is 18.6. The number of carbonyl (C=O) groups excluding carboxylic acids is 1. The van der Waals surface area contributed by atoms with Crippen molar-refractivity contribution in [2.24, 2.45) is 0 Å². The summed E-state index contributed by atoms with van der Waals surface area (Å²) >= 11 is 0. The van der Waals surface area contributed by atoms with Gasteiger partial charge in [0.2, 0.25) is 5.91 Å². The molecule has 2 aromatic rings. The summed E-state index contributed by atoms with van der Waals surface area (Å²) in [5.74, 6) is -0.270. The normalized spacial score (nSPS) is 22.2. The summed E-state index contributed by atoms with van der Waals surface area (Å²) < 4.78 is 24.1.